The molecular weight excluding hydrogens is 332 g/mol. The molecule has 1 atom stereocenters. The highest BCUT2D eigenvalue weighted by atomic mass is 16.5. The van der Waals surface area contributed by atoms with Crippen LogP contribution in [0.15, 0.2) is 53.1 Å². The van der Waals surface area contributed by atoms with Gasteiger partial charge < -0.3 is 19.8 Å². The molecule has 2 heterocycles. The van der Waals surface area contributed by atoms with Crippen molar-refractivity contribution in [1.29, 1.82) is 0 Å². The zero-order chi connectivity index (χ0) is 18.5. The fraction of sp³-hybridized carbons (Fsp3) is 0.263. The van der Waals surface area contributed by atoms with Crippen LogP contribution >= 0.6 is 0 Å². The van der Waals surface area contributed by atoms with E-state index in [1.807, 2.05) is 48.9 Å². The van der Waals surface area contributed by atoms with Crippen molar-refractivity contribution in [2.24, 2.45) is 0 Å². The molecule has 136 valence electrons. The second-order valence-electron chi connectivity index (χ2n) is 5.97. The predicted molar refractivity (Wildman–Crippen MR) is 98.6 cm³/mol. The van der Waals surface area contributed by atoms with E-state index in [4.69, 9.17) is 9.15 Å². The predicted octanol–water partition coefficient (Wildman–Crippen LogP) is 3.51. The fourth-order valence-corrected chi connectivity index (χ4v) is 2.82. The largest absolute Gasteiger partial charge is 0.497 e. The van der Waals surface area contributed by atoms with E-state index in [1.165, 1.54) is 0 Å². The zero-order valence-electron chi connectivity index (χ0n) is 15.0. The summed E-state index contributed by atoms with van der Waals surface area (Å²) in [4.78, 5) is 12.3. The van der Waals surface area contributed by atoms with E-state index in [0.717, 1.165) is 17.1 Å². The van der Waals surface area contributed by atoms with E-state index in [1.54, 1.807) is 25.5 Å². The minimum absolute atomic E-state index is 0.227. The molecule has 0 saturated carbocycles. The molecule has 0 spiro atoms. The number of carbonyl (C=O) groups is 1. The van der Waals surface area contributed by atoms with Gasteiger partial charge in [-0.1, -0.05) is 6.07 Å². The first-order chi connectivity index (χ1) is 12.6. The topological polar surface area (TPSA) is 81.3 Å². The number of methoxy groups -OCH3 is 1. The molecule has 0 saturated heterocycles. The van der Waals surface area contributed by atoms with Crippen molar-refractivity contribution in [3.8, 4) is 5.75 Å². The summed E-state index contributed by atoms with van der Waals surface area (Å²) >= 11 is 0. The van der Waals surface area contributed by atoms with Gasteiger partial charge in [-0.15, -0.1) is 0 Å². The quantitative estimate of drug-likeness (QED) is 0.710. The molecule has 7 heteroatoms. The molecule has 0 aliphatic rings. The van der Waals surface area contributed by atoms with Crippen molar-refractivity contribution in [3.05, 3.63) is 65.9 Å². The van der Waals surface area contributed by atoms with Gasteiger partial charge in [0.15, 0.2) is 0 Å². The Balaban J connectivity index is 1.70. The Morgan fingerprint density at radius 2 is 2.12 bits per heavy atom. The van der Waals surface area contributed by atoms with Crippen LogP contribution in [0.3, 0.4) is 0 Å². The summed E-state index contributed by atoms with van der Waals surface area (Å²) in [6, 6.07) is 12.3. The first-order valence-corrected chi connectivity index (χ1v) is 8.32. The number of urea groups is 1. The highest BCUT2D eigenvalue weighted by Crippen LogP contribution is 2.21. The number of hydrogen-bond donors (Lipinski definition) is 2. The van der Waals surface area contributed by atoms with Crippen molar-refractivity contribution in [1.82, 2.24) is 15.1 Å². The fourth-order valence-electron chi connectivity index (χ4n) is 2.82. The lowest BCUT2D eigenvalue weighted by atomic mass is 10.2. The molecule has 0 aliphatic carbocycles. The maximum atomic E-state index is 12.3. The van der Waals surface area contributed by atoms with Crippen LogP contribution in [0.4, 0.5) is 10.5 Å². The highest BCUT2D eigenvalue weighted by molar-refractivity contribution is 5.89. The Morgan fingerprint density at radius 3 is 2.77 bits per heavy atom. The van der Waals surface area contributed by atoms with Crippen LogP contribution in [-0.2, 0) is 0 Å². The van der Waals surface area contributed by atoms with Crippen LogP contribution in [0.2, 0.25) is 0 Å². The molecule has 2 aromatic heterocycles. The molecule has 0 aliphatic heterocycles. The van der Waals surface area contributed by atoms with Gasteiger partial charge in [-0.3, -0.25) is 4.68 Å². The number of rotatable bonds is 6. The van der Waals surface area contributed by atoms with E-state index in [2.05, 4.69) is 15.7 Å². The van der Waals surface area contributed by atoms with Gasteiger partial charge in [0.2, 0.25) is 0 Å². The second-order valence-corrected chi connectivity index (χ2v) is 5.97. The van der Waals surface area contributed by atoms with Gasteiger partial charge in [0.1, 0.15) is 17.6 Å². The van der Waals surface area contributed by atoms with Gasteiger partial charge in [0, 0.05) is 24.0 Å². The Hall–Kier alpha value is -3.22. The molecule has 2 N–H and O–H groups in total. The van der Waals surface area contributed by atoms with E-state index >= 15 is 0 Å². The van der Waals surface area contributed by atoms with Crippen molar-refractivity contribution < 1.29 is 13.9 Å². The molecule has 3 aromatic rings. The average Bonchev–Trinajstić information content (AvgIpc) is 3.26. The molecule has 2 amide bonds. The minimum Gasteiger partial charge on any atom is -0.497 e. The maximum absolute atomic E-state index is 12.3. The summed E-state index contributed by atoms with van der Waals surface area (Å²) in [5, 5.41) is 10.2. The number of carbonyl (C=O) groups excluding carboxylic acids is 1. The number of ether oxygens (including phenoxy) is 1. The molecule has 1 aromatic carbocycles. The summed E-state index contributed by atoms with van der Waals surface area (Å²) in [7, 11) is 1.58. The Kier molecular flexibility index (Phi) is 5.26. The standard InChI is InChI=1S/C19H22N4O3/c1-13-10-14(2)23(22-13)17(18-8-5-9-26-18)12-20-19(24)21-15-6-4-7-16(11-15)25-3/h4-11,17H,12H2,1-3H3,(H2,20,21,24). The maximum Gasteiger partial charge on any atom is 0.319 e. The van der Waals surface area contributed by atoms with Crippen LogP contribution in [0.5, 0.6) is 5.75 Å². The minimum atomic E-state index is -0.309. The SMILES string of the molecule is COc1cccc(NC(=O)NCC(c2ccco2)n2nc(C)cc2C)c1. The van der Waals surface area contributed by atoms with Crippen molar-refractivity contribution in [2.45, 2.75) is 19.9 Å². The Morgan fingerprint density at radius 1 is 1.27 bits per heavy atom. The van der Waals surface area contributed by atoms with Crippen LogP contribution in [-0.4, -0.2) is 29.5 Å². The molecule has 26 heavy (non-hydrogen) atoms. The number of amides is 2. The zero-order valence-corrected chi connectivity index (χ0v) is 15.0. The smallest absolute Gasteiger partial charge is 0.319 e. The van der Waals surface area contributed by atoms with E-state index in [0.29, 0.717) is 18.0 Å². The third-order valence-corrected chi connectivity index (χ3v) is 4.00. The van der Waals surface area contributed by atoms with Crippen LogP contribution in [0, 0.1) is 13.8 Å². The third-order valence-electron chi connectivity index (χ3n) is 4.00. The summed E-state index contributed by atoms with van der Waals surface area (Å²) < 4.78 is 12.6. The normalized spacial score (nSPS) is 11.8. The second kappa shape index (κ2) is 7.77. The molecule has 0 bridgehead atoms. The monoisotopic (exact) mass is 354 g/mol. The number of aromatic nitrogens is 2. The molecule has 3 rings (SSSR count). The number of aryl methyl sites for hydroxylation is 2. The number of anilines is 1. The Labute approximate surface area is 152 Å². The van der Waals surface area contributed by atoms with Gasteiger partial charge in [0.25, 0.3) is 0 Å². The van der Waals surface area contributed by atoms with E-state index in [-0.39, 0.29) is 12.1 Å². The van der Waals surface area contributed by atoms with E-state index < -0.39 is 0 Å². The lowest BCUT2D eigenvalue weighted by Crippen LogP contribution is -2.35. The first-order valence-electron chi connectivity index (χ1n) is 8.32. The molecule has 0 radical (unpaired) electrons. The van der Waals surface area contributed by atoms with E-state index in [9.17, 15) is 4.79 Å². The summed E-state index contributed by atoms with van der Waals surface area (Å²) in [5.74, 6) is 1.41. The lowest BCUT2D eigenvalue weighted by molar-refractivity contribution is 0.249. The number of hydrogen-bond acceptors (Lipinski definition) is 4. The molecular formula is C19H22N4O3. The third kappa shape index (κ3) is 4.05. The van der Waals surface area contributed by atoms with Crippen LogP contribution < -0.4 is 15.4 Å². The van der Waals surface area contributed by atoms with Gasteiger partial charge in [0.05, 0.1) is 19.1 Å². The molecule has 0 fully saturated rings. The Bertz CT molecular complexity index is 871. The van der Waals surface area contributed by atoms with Crippen molar-refractivity contribution >= 4 is 11.7 Å². The first kappa shape index (κ1) is 17.6. The van der Waals surface area contributed by atoms with Gasteiger partial charge in [-0.2, -0.15) is 5.10 Å². The summed E-state index contributed by atoms with van der Waals surface area (Å²) in [5.41, 5.74) is 2.57. The van der Waals surface area contributed by atoms with Crippen LogP contribution in [0.25, 0.3) is 0 Å². The average molecular weight is 354 g/mol. The molecule has 7 nitrogen and oxygen atoms in total. The van der Waals surface area contributed by atoms with Gasteiger partial charge in [-0.05, 0) is 44.2 Å². The highest BCUT2D eigenvalue weighted by Gasteiger charge is 2.20. The summed E-state index contributed by atoms with van der Waals surface area (Å²) in [6.45, 7) is 4.25. The summed E-state index contributed by atoms with van der Waals surface area (Å²) in [6.07, 6.45) is 1.62. The van der Waals surface area contributed by atoms with Gasteiger partial charge >= 0.3 is 6.03 Å². The number of nitrogens with one attached hydrogen (secondary N) is 2. The van der Waals surface area contributed by atoms with Crippen LogP contribution in [0.1, 0.15) is 23.2 Å². The number of benzene rings is 1. The lowest BCUT2D eigenvalue weighted by Gasteiger charge is -2.18. The molecule has 1 unspecified atom stereocenters. The number of furan rings is 1. The van der Waals surface area contributed by atoms with Crippen molar-refractivity contribution in [2.75, 3.05) is 19.0 Å². The van der Waals surface area contributed by atoms with Gasteiger partial charge in [-0.25, -0.2) is 4.79 Å². The van der Waals surface area contributed by atoms with Crippen molar-refractivity contribution in [3.63, 3.8) is 0 Å². The number of nitrogens with zero attached hydrogens (tertiary/aromatic N) is 2.